The molecule has 0 atom stereocenters. The Morgan fingerprint density at radius 2 is 1.37 bits per heavy atom. The summed E-state index contributed by atoms with van der Waals surface area (Å²) in [7, 11) is 0. The van der Waals surface area contributed by atoms with Crippen molar-refractivity contribution in [2.45, 2.75) is 20.8 Å². The molecule has 30 heavy (non-hydrogen) atoms. The van der Waals surface area contributed by atoms with Crippen LogP contribution in [0.1, 0.15) is 19.5 Å². The molecular weight excluding hydrogens is 431 g/mol. The Kier molecular flexibility index (Phi) is 12.5. The van der Waals surface area contributed by atoms with Crippen molar-refractivity contribution in [2.24, 2.45) is 0 Å². The number of rotatable bonds is 6. The molecule has 1 aromatic heterocycles. The van der Waals surface area contributed by atoms with Gasteiger partial charge in [0.15, 0.2) is 5.11 Å². The number of ether oxygens (including phenoxy) is 2. The quantitative estimate of drug-likeness (QED) is 0.357. The van der Waals surface area contributed by atoms with Crippen molar-refractivity contribution < 1.29 is 9.47 Å². The van der Waals surface area contributed by atoms with Gasteiger partial charge in [0, 0.05) is 11.4 Å². The minimum atomic E-state index is 0. The summed E-state index contributed by atoms with van der Waals surface area (Å²) in [5.41, 5.74) is 2.74. The molecule has 9 heteroatoms. The first-order valence-corrected chi connectivity index (χ1v) is 10.00. The van der Waals surface area contributed by atoms with E-state index in [9.17, 15) is 0 Å². The molecule has 0 aliphatic heterocycles. The van der Waals surface area contributed by atoms with Gasteiger partial charge in [-0.25, -0.2) is 0 Å². The predicted octanol–water partition coefficient (Wildman–Crippen LogP) is 5.02. The Balaban J connectivity index is 0.000000477. The van der Waals surface area contributed by atoms with E-state index >= 15 is 0 Å². The number of hydrogen-bond donors (Lipinski definition) is 3. The fraction of sp³-hybridized carbons (Fsp3) is 0.238. The van der Waals surface area contributed by atoms with E-state index in [4.69, 9.17) is 33.3 Å². The van der Waals surface area contributed by atoms with Gasteiger partial charge in [-0.3, -0.25) is 5.10 Å². The van der Waals surface area contributed by atoms with Crippen LogP contribution in [0.2, 0.25) is 5.15 Å². The Morgan fingerprint density at radius 3 is 1.63 bits per heavy atom. The van der Waals surface area contributed by atoms with Gasteiger partial charge in [-0.15, -0.1) is 0 Å². The molecule has 3 rings (SSSR count). The zero-order valence-corrected chi connectivity index (χ0v) is 18.2. The monoisotopic (exact) mass is 456 g/mol. The molecule has 0 radical (unpaired) electrons. The molecule has 2 aromatic carbocycles. The summed E-state index contributed by atoms with van der Waals surface area (Å²) in [6.45, 7) is 7.11. The van der Waals surface area contributed by atoms with Crippen LogP contribution < -0.4 is 20.1 Å². The van der Waals surface area contributed by atoms with Crippen molar-refractivity contribution in [3.05, 3.63) is 65.4 Å². The Hall–Kier alpha value is -1.77. The van der Waals surface area contributed by atoms with Gasteiger partial charge in [-0.1, -0.05) is 11.6 Å². The van der Waals surface area contributed by atoms with E-state index in [2.05, 4.69) is 20.8 Å². The molecule has 0 unspecified atom stereocenters. The molecule has 0 saturated carbocycles. The molecule has 1 heterocycles. The Bertz CT molecular complexity index is 819. The molecule has 3 aromatic rings. The molecular formula is C21H26ClN4NaO2S. The Labute approximate surface area is 210 Å². The van der Waals surface area contributed by atoms with Gasteiger partial charge in [-0.05, 0) is 87.6 Å². The van der Waals surface area contributed by atoms with Crippen molar-refractivity contribution in [1.82, 2.24) is 10.2 Å². The number of benzene rings is 2. The first-order chi connectivity index (χ1) is 14.0. The number of H-pyrrole nitrogens is 1. The van der Waals surface area contributed by atoms with Gasteiger partial charge >= 0.3 is 29.6 Å². The van der Waals surface area contributed by atoms with E-state index in [1.807, 2.05) is 69.3 Å². The first-order valence-electron chi connectivity index (χ1n) is 9.21. The van der Waals surface area contributed by atoms with Crippen LogP contribution in [0.25, 0.3) is 0 Å². The van der Waals surface area contributed by atoms with Gasteiger partial charge in [-0.2, -0.15) is 5.10 Å². The second-order valence-electron chi connectivity index (χ2n) is 5.85. The average Bonchev–Trinajstić information content (AvgIpc) is 3.08. The fourth-order valence-electron chi connectivity index (χ4n) is 2.29. The van der Waals surface area contributed by atoms with Crippen LogP contribution in [0.5, 0.6) is 11.5 Å². The number of nitrogens with zero attached hydrogens (tertiary/aromatic N) is 1. The maximum atomic E-state index is 5.44. The number of anilines is 2. The predicted molar refractivity (Wildman–Crippen MR) is 131 cm³/mol. The van der Waals surface area contributed by atoms with E-state index in [1.54, 1.807) is 6.07 Å². The maximum absolute atomic E-state index is 5.44. The number of aryl methyl sites for hydroxylation is 1. The van der Waals surface area contributed by atoms with Crippen molar-refractivity contribution in [3.63, 3.8) is 0 Å². The molecule has 0 amide bonds. The van der Waals surface area contributed by atoms with Gasteiger partial charge in [0.25, 0.3) is 0 Å². The molecule has 0 aliphatic carbocycles. The molecule has 3 N–H and O–H groups in total. The topological polar surface area (TPSA) is 71.2 Å². The third kappa shape index (κ3) is 9.82. The average molecular weight is 457 g/mol. The van der Waals surface area contributed by atoms with Gasteiger partial charge in [0.1, 0.15) is 16.7 Å². The summed E-state index contributed by atoms with van der Waals surface area (Å²) in [6, 6.07) is 17.1. The van der Waals surface area contributed by atoms with Crippen molar-refractivity contribution in [1.29, 1.82) is 0 Å². The van der Waals surface area contributed by atoms with E-state index in [0.29, 0.717) is 23.5 Å². The second-order valence-corrected chi connectivity index (χ2v) is 6.67. The number of thiocarbonyl (C=S) groups is 1. The van der Waals surface area contributed by atoms with Crippen LogP contribution in [0.3, 0.4) is 0 Å². The standard InChI is InChI=1S/C17H20N2O2S.C4H5ClN2.Na.H/c1-3-20-15-9-5-13(6-10-15)18-17(22)19-14-7-11-16(12-8-14)21-4-2;1-3-2-4(5)7-6-3;;/h5-12H,3-4H2,1-2H3,(H2,18,19,22);2H,1H3,(H,6,7);;. The van der Waals surface area contributed by atoms with E-state index in [-0.39, 0.29) is 29.6 Å². The molecule has 6 nitrogen and oxygen atoms in total. The summed E-state index contributed by atoms with van der Waals surface area (Å²) in [6.07, 6.45) is 0. The van der Waals surface area contributed by atoms with Crippen molar-refractivity contribution in [2.75, 3.05) is 23.8 Å². The summed E-state index contributed by atoms with van der Waals surface area (Å²) < 4.78 is 10.8. The molecule has 0 fully saturated rings. The summed E-state index contributed by atoms with van der Waals surface area (Å²) in [4.78, 5) is 0. The van der Waals surface area contributed by atoms with Crippen LogP contribution in [0.15, 0.2) is 54.6 Å². The number of halogens is 1. The van der Waals surface area contributed by atoms with E-state index in [1.165, 1.54) is 0 Å². The minimum absolute atomic E-state index is 0. The molecule has 0 spiro atoms. The third-order valence-electron chi connectivity index (χ3n) is 3.52. The van der Waals surface area contributed by atoms with Gasteiger partial charge < -0.3 is 20.1 Å². The first kappa shape index (κ1) is 26.3. The molecule has 0 saturated heterocycles. The molecule has 156 valence electrons. The van der Waals surface area contributed by atoms with Gasteiger partial charge in [0.05, 0.1) is 18.9 Å². The molecule has 0 bridgehead atoms. The van der Waals surface area contributed by atoms with Crippen molar-refractivity contribution >= 4 is 69.9 Å². The van der Waals surface area contributed by atoms with Crippen LogP contribution >= 0.6 is 23.8 Å². The third-order valence-corrected chi connectivity index (χ3v) is 3.92. The zero-order valence-electron chi connectivity index (χ0n) is 16.7. The summed E-state index contributed by atoms with van der Waals surface area (Å²) in [5.74, 6) is 1.69. The summed E-state index contributed by atoms with van der Waals surface area (Å²) >= 11 is 10.7. The van der Waals surface area contributed by atoms with Crippen LogP contribution in [-0.4, -0.2) is 58.1 Å². The van der Waals surface area contributed by atoms with E-state index < -0.39 is 0 Å². The number of nitrogens with one attached hydrogen (secondary N) is 3. The van der Waals surface area contributed by atoms with Crippen molar-refractivity contribution in [3.8, 4) is 11.5 Å². The number of aromatic amines is 1. The van der Waals surface area contributed by atoms with Gasteiger partial charge in [0.2, 0.25) is 0 Å². The fourth-order valence-corrected chi connectivity index (χ4v) is 2.72. The molecule has 0 aliphatic rings. The van der Waals surface area contributed by atoms with Crippen LogP contribution in [0, 0.1) is 6.92 Å². The number of hydrogen-bond acceptors (Lipinski definition) is 4. The Morgan fingerprint density at radius 1 is 0.933 bits per heavy atom. The second kappa shape index (κ2) is 14.3. The normalized spacial score (nSPS) is 9.47. The number of aromatic nitrogens is 2. The van der Waals surface area contributed by atoms with E-state index in [0.717, 1.165) is 28.6 Å². The zero-order chi connectivity index (χ0) is 21.1. The van der Waals surface area contributed by atoms with Crippen LogP contribution in [-0.2, 0) is 0 Å². The SMILES string of the molecule is CCOc1ccc(NC(=S)Nc2ccc(OCC)cc2)cc1.Cc1cc(Cl)[nH]n1.[NaH]. The van der Waals surface area contributed by atoms with Crippen LogP contribution in [0.4, 0.5) is 11.4 Å². The summed E-state index contributed by atoms with van der Waals surface area (Å²) in [5, 5.41) is 13.7.